The molecule has 3 rings (SSSR count). The maximum Gasteiger partial charge on any atom is 0.263 e. The second-order valence-corrected chi connectivity index (χ2v) is 5.46. The third-order valence-corrected chi connectivity index (χ3v) is 4.01. The van der Waals surface area contributed by atoms with E-state index in [0.717, 1.165) is 11.4 Å². The van der Waals surface area contributed by atoms with Gasteiger partial charge in [0, 0.05) is 13.0 Å². The van der Waals surface area contributed by atoms with E-state index >= 15 is 0 Å². The van der Waals surface area contributed by atoms with Crippen LogP contribution in [0.3, 0.4) is 0 Å². The van der Waals surface area contributed by atoms with Gasteiger partial charge in [0.2, 0.25) is 0 Å². The predicted molar refractivity (Wildman–Crippen MR) is 93.0 cm³/mol. The molecule has 0 atom stereocenters. The first-order valence-corrected chi connectivity index (χ1v) is 7.84. The van der Waals surface area contributed by atoms with Crippen molar-refractivity contribution in [3.05, 3.63) is 59.7 Å². The van der Waals surface area contributed by atoms with E-state index in [4.69, 9.17) is 9.47 Å². The van der Waals surface area contributed by atoms with Crippen LogP contribution in [0, 0.1) is 0 Å². The molecule has 1 amide bonds. The molecule has 5 heteroatoms. The zero-order chi connectivity index (χ0) is 16.9. The van der Waals surface area contributed by atoms with E-state index in [1.54, 1.807) is 30.2 Å². The van der Waals surface area contributed by atoms with Crippen molar-refractivity contribution in [3.63, 3.8) is 0 Å². The number of rotatable bonds is 5. The summed E-state index contributed by atoms with van der Waals surface area (Å²) in [5, 5.41) is 0. The third-order valence-electron chi connectivity index (χ3n) is 4.01. The molecule has 0 aliphatic carbocycles. The lowest BCUT2D eigenvalue weighted by Gasteiger charge is -2.20. The number of amidine groups is 1. The Balaban J connectivity index is 1.86. The zero-order valence-corrected chi connectivity index (χ0v) is 13.9. The fourth-order valence-electron chi connectivity index (χ4n) is 2.84. The van der Waals surface area contributed by atoms with Crippen LogP contribution in [0.25, 0.3) is 0 Å². The molecule has 2 aromatic carbocycles. The molecule has 0 fully saturated rings. The summed E-state index contributed by atoms with van der Waals surface area (Å²) >= 11 is 0. The van der Waals surface area contributed by atoms with Gasteiger partial charge in [0.15, 0.2) is 11.5 Å². The Morgan fingerprint density at radius 3 is 2.58 bits per heavy atom. The van der Waals surface area contributed by atoms with E-state index in [-0.39, 0.29) is 5.91 Å². The van der Waals surface area contributed by atoms with Crippen LogP contribution in [0.15, 0.2) is 53.5 Å². The van der Waals surface area contributed by atoms with Crippen molar-refractivity contribution >= 4 is 11.7 Å². The van der Waals surface area contributed by atoms with E-state index in [9.17, 15) is 4.79 Å². The van der Waals surface area contributed by atoms with E-state index in [1.165, 1.54) is 7.11 Å². The summed E-state index contributed by atoms with van der Waals surface area (Å²) in [4.78, 5) is 19.2. The normalized spacial score (nSPS) is 13.6. The Labute approximate surface area is 141 Å². The second kappa shape index (κ2) is 7.17. The van der Waals surface area contributed by atoms with Crippen LogP contribution < -0.4 is 9.47 Å². The molecule has 1 aliphatic heterocycles. The standard InChI is InChI=1S/C19H20N2O3/c1-23-16-10-6-9-15(18(16)24-2)19(22)21-12-11-20-17(21)13-14-7-4-3-5-8-14/h3-10H,11-13H2,1-2H3. The van der Waals surface area contributed by atoms with E-state index in [2.05, 4.69) is 4.99 Å². The molecule has 1 aliphatic rings. The van der Waals surface area contributed by atoms with Crippen LogP contribution in [0.1, 0.15) is 15.9 Å². The van der Waals surface area contributed by atoms with Gasteiger partial charge in [-0.3, -0.25) is 14.7 Å². The number of para-hydroxylation sites is 1. The van der Waals surface area contributed by atoms with Gasteiger partial charge in [-0.25, -0.2) is 0 Å². The van der Waals surface area contributed by atoms with E-state index in [0.29, 0.717) is 36.6 Å². The quantitative estimate of drug-likeness (QED) is 0.850. The lowest BCUT2D eigenvalue weighted by atomic mass is 10.1. The molecule has 5 nitrogen and oxygen atoms in total. The topological polar surface area (TPSA) is 51.1 Å². The maximum absolute atomic E-state index is 13.0. The average Bonchev–Trinajstić information content (AvgIpc) is 3.09. The Morgan fingerprint density at radius 2 is 1.88 bits per heavy atom. The van der Waals surface area contributed by atoms with E-state index in [1.807, 2.05) is 30.3 Å². The minimum atomic E-state index is -0.113. The van der Waals surface area contributed by atoms with Crippen LogP contribution in [0.5, 0.6) is 11.5 Å². The largest absolute Gasteiger partial charge is 0.493 e. The number of hydrogen-bond acceptors (Lipinski definition) is 4. The molecule has 1 heterocycles. The molecule has 0 spiro atoms. The highest BCUT2D eigenvalue weighted by atomic mass is 16.5. The highest BCUT2D eigenvalue weighted by Gasteiger charge is 2.27. The summed E-state index contributed by atoms with van der Waals surface area (Å²) in [6, 6.07) is 15.3. The molecule has 0 radical (unpaired) electrons. The molecule has 124 valence electrons. The fourth-order valence-corrected chi connectivity index (χ4v) is 2.84. The van der Waals surface area contributed by atoms with Crippen molar-refractivity contribution < 1.29 is 14.3 Å². The zero-order valence-electron chi connectivity index (χ0n) is 13.9. The van der Waals surface area contributed by atoms with Gasteiger partial charge in [-0.1, -0.05) is 36.4 Å². The molecular weight excluding hydrogens is 304 g/mol. The van der Waals surface area contributed by atoms with Crippen molar-refractivity contribution in [2.75, 3.05) is 27.3 Å². The van der Waals surface area contributed by atoms with Gasteiger partial charge < -0.3 is 9.47 Å². The first kappa shape index (κ1) is 16.1. The number of carbonyl (C=O) groups excluding carboxylic acids is 1. The predicted octanol–water partition coefficient (Wildman–Crippen LogP) is 2.80. The number of nitrogens with zero attached hydrogens (tertiary/aromatic N) is 2. The Morgan fingerprint density at radius 1 is 1.08 bits per heavy atom. The number of hydrogen-bond donors (Lipinski definition) is 0. The number of methoxy groups -OCH3 is 2. The SMILES string of the molecule is COc1cccc(C(=O)N2CCN=C2Cc2ccccc2)c1OC. The van der Waals surface area contributed by atoms with Crippen LogP contribution in [0.4, 0.5) is 0 Å². The van der Waals surface area contributed by atoms with Gasteiger partial charge in [0.05, 0.1) is 26.3 Å². The van der Waals surface area contributed by atoms with Crippen LogP contribution in [-0.4, -0.2) is 44.0 Å². The first-order valence-electron chi connectivity index (χ1n) is 7.84. The average molecular weight is 324 g/mol. The summed E-state index contributed by atoms with van der Waals surface area (Å²) in [5.74, 6) is 1.68. The Bertz CT molecular complexity index is 756. The van der Waals surface area contributed by atoms with Crippen LogP contribution in [-0.2, 0) is 6.42 Å². The highest BCUT2D eigenvalue weighted by molar-refractivity contribution is 6.09. The summed E-state index contributed by atoms with van der Waals surface area (Å²) in [5.41, 5.74) is 1.62. The minimum absolute atomic E-state index is 0.113. The lowest BCUT2D eigenvalue weighted by Crippen LogP contribution is -2.35. The maximum atomic E-state index is 13.0. The molecule has 24 heavy (non-hydrogen) atoms. The van der Waals surface area contributed by atoms with Crippen LogP contribution in [0.2, 0.25) is 0 Å². The summed E-state index contributed by atoms with van der Waals surface area (Å²) in [7, 11) is 3.10. The summed E-state index contributed by atoms with van der Waals surface area (Å²) < 4.78 is 10.7. The van der Waals surface area contributed by atoms with E-state index < -0.39 is 0 Å². The fraction of sp³-hybridized carbons (Fsp3) is 0.263. The molecule has 0 unspecified atom stereocenters. The van der Waals surface area contributed by atoms with Gasteiger partial charge >= 0.3 is 0 Å². The van der Waals surface area contributed by atoms with Crippen molar-refractivity contribution in [2.24, 2.45) is 4.99 Å². The van der Waals surface area contributed by atoms with Crippen molar-refractivity contribution in [3.8, 4) is 11.5 Å². The number of benzene rings is 2. The highest BCUT2D eigenvalue weighted by Crippen LogP contribution is 2.32. The second-order valence-electron chi connectivity index (χ2n) is 5.46. The Hall–Kier alpha value is -2.82. The molecule has 2 aromatic rings. The van der Waals surface area contributed by atoms with Gasteiger partial charge in [-0.2, -0.15) is 0 Å². The summed E-state index contributed by atoms with van der Waals surface area (Å²) in [6.45, 7) is 1.21. The number of amides is 1. The molecule has 0 saturated carbocycles. The number of aliphatic imine (C=N–C) groups is 1. The minimum Gasteiger partial charge on any atom is -0.493 e. The Kier molecular flexibility index (Phi) is 4.79. The van der Waals surface area contributed by atoms with Gasteiger partial charge in [-0.15, -0.1) is 0 Å². The molecular formula is C19H20N2O3. The van der Waals surface area contributed by atoms with Crippen molar-refractivity contribution in [2.45, 2.75) is 6.42 Å². The number of carbonyl (C=O) groups is 1. The molecule has 0 aromatic heterocycles. The smallest absolute Gasteiger partial charge is 0.263 e. The monoisotopic (exact) mass is 324 g/mol. The molecule has 0 saturated heterocycles. The van der Waals surface area contributed by atoms with Gasteiger partial charge in [0.25, 0.3) is 5.91 Å². The number of ether oxygens (including phenoxy) is 2. The summed E-state index contributed by atoms with van der Waals surface area (Å²) in [6.07, 6.45) is 0.638. The first-order chi connectivity index (χ1) is 11.7. The lowest BCUT2D eigenvalue weighted by molar-refractivity contribution is 0.0852. The molecule has 0 bridgehead atoms. The van der Waals surface area contributed by atoms with Gasteiger partial charge in [-0.05, 0) is 17.7 Å². The van der Waals surface area contributed by atoms with Gasteiger partial charge in [0.1, 0.15) is 5.84 Å². The third kappa shape index (κ3) is 3.11. The van der Waals surface area contributed by atoms with Crippen molar-refractivity contribution in [1.82, 2.24) is 4.90 Å². The molecule has 0 N–H and O–H groups in total. The van der Waals surface area contributed by atoms with Crippen LogP contribution >= 0.6 is 0 Å². The van der Waals surface area contributed by atoms with Crippen molar-refractivity contribution in [1.29, 1.82) is 0 Å².